The average Bonchev–Trinajstić information content (AvgIpc) is 2.38. The first-order valence-electron chi connectivity index (χ1n) is 5.43. The van der Waals surface area contributed by atoms with Crippen molar-refractivity contribution < 1.29 is 19.1 Å². The summed E-state index contributed by atoms with van der Waals surface area (Å²) < 4.78 is 4.91. The minimum Gasteiger partial charge on any atom is -0.449 e. The van der Waals surface area contributed by atoms with E-state index in [0.29, 0.717) is 0 Å². The fourth-order valence-electron chi connectivity index (χ4n) is 1.18. The smallest absolute Gasteiger partial charge is 0.340 e. The fourth-order valence-corrected chi connectivity index (χ4v) is 1.39. The predicted octanol–water partition coefficient (Wildman–Crippen LogP) is 1.34. The lowest BCUT2D eigenvalue weighted by molar-refractivity contribution is -0.127. The summed E-state index contributed by atoms with van der Waals surface area (Å²) >= 11 is 5.82. The van der Waals surface area contributed by atoms with E-state index in [1.807, 2.05) is 5.32 Å². The van der Waals surface area contributed by atoms with Crippen molar-refractivity contribution in [1.29, 1.82) is 0 Å². The molecule has 0 saturated carbocycles. The van der Waals surface area contributed by atoms with Crippen LogP contribution in [0.4, 0.5) is 4.79 Å². The first-order valence-corrected chi connectivity index (χ1v) is 5.81. The third-order valence-electron chi connectivity index (χ3n) is 2.21. The van der Waals surface area contributed by atoms with E-state index in [2.05, 4.69) is 5.32 Å². The molecule has 102 valence electrons. The maximum atomic E-state index is 11.7. The number of imide groups is 1. The summed E-state index contributed by atoms with van der Waals surface area (Å²) in [4.78, 5) is 34.2. The molecule has 19 heavy (non-hydrogen) atoms. The summed E-state index contributed by atoms with van der Waals surface area (Å²) in [6.07, 6.45) is -1.11. The van der Waals surface area contributed by atoms with Crippen LogP contribution >= 0.6 is 11.6 Å². The van der Waals surface area contributed by atoms with E-state index in [9.17, 15) is 14.4 Å². The number of carbonyl (C=O) groups excluding carboxylic acids is 3. The van der Waals surface area contributed by atoms with E-state index in [1.165, 1.54) is 26.1 Å². The quantitative estimate of drug-likeness (QED) is 0.820. The largest absolute Gasteiger partial charge is 0.449 e. The molecule has 0 aromatic heterocycles. The molecule has 0 spiro atoms. The number of halogens is 1. The Morgan fingerprint density at radius 3 is 2.47 bits per heavy atom. The molecule has 6 nitrogen and oxygen atoms in total. The Balaban J connectivity index is 2.64. The van der Waals surface area contributed by atoms with E-state index >= 15 is 0 Å². The Labute approximate surface area is 115 Å². The molecule has 3 amide bonds. The van der Waals surface area contributed by atoms with Gasteiger partial charge in [-0.05, 0) is 19.1 Å². The highest BCUT2D eigenvalue weighted by atomic mass is 35.5. The van der Waals surface area contributed by atoms with Crippen LogP contribution in [0.5, 0.6) is 0 Å². The summed E-state index contributed by atoms with van der Waals surface area (Å²) in [7, 11) is 1.36. The van der Waals surface area contributed by atoms with Gasteiger partial charge in [0.05, 0.1) is 10.6 Å². The van der Waals surface area contributed by atoms with Gasteiger partial charge in [-0.25, -0.2) is 9.59 Å². The van der Waals surface area contributed by atoms with Crippen molar-refractivity contribution in [3.8, 4) is 0 Å². The fraction of sp³-hybridized carbons (Fsp3) is 0.250. The molecule has 0 saturated heterocycles. The SMILES string of the molecule is CNC(=O)NC(=O)C(C)OC(=O)c1ccccc1Cl. The maximum absolute atomic E-state index is 11.7. The van der Waals surface area contributed by atoms with Gasteiger partial charge in [0.1, 0.15) is 0 Å². The Morgan fingerprint density at radius 1 is 1.26 bits per heavy atom. The number of carbonyl (C=O) groups is 3. The van der Waals surface area contributed by atoms with Crippen LogP contribution in [0.1, 0.15) is 17.3 Å². The van der Waals surface area contributed by atoms with Gasteiger partial charge in [-0.15, -0.1) is 0 Å². The Morgan fingerprint density at radius 2 is 1.89 bits per heavy atom. The van der Waals surface area contributed by atoms with Crippen molar-refractivity contribution in [2.24, 2.45) is 0 Å². The van der Waals surface area contributed by atoms with Crippen molar-refractivity contribution in [3.05, 3.63) is 34.9 Å². The van der Waals surface area contributed by atoms with Crippen LogP contribution in [0.2, 0.25) is 5.02 Å². The van der Waals surface area contributed by atoms with Crippen LogP contribution in [-0.2, 0) is 9.53 Å². The Kier molecular flexibility index (Phi) is 5.32. The second-order valence-corrected chi connectivity index (χ2v) is 4.00. The van der Waals surface area contributed by atoms with Crippen molar-refractivity contribution >= 4 is 29.5 Å². The molecular weight excluding hydrogens is 272 g/mol. The zero-order valence-electron chi connectivity index (χ0n) is 10.4. The van der Waals surface area contributed by atoms with Crippen LogP contribution in [0.25, 0.3) is 0 Å². The minimum atomic E-state index is -1.11. The molecule has 1 aromatic carbocycles. The summed E-state index contributed by atoms with van der Waals surface area (Å²) in [5, 5.41) is 4.44. The first kappa shape index (κ1) is 15.0. The lowest BCUT2D eigenvalue weighted by atomic mass is 10.2. The number of esters is 1. The first-order chi connectivity index (χ1) is 8.95. The molecule has 0 aliphatic heterocycles. The number of hydrogen-bond donors (Lipinski definition) is 2. The van der Waals surface area contributed by atoms with Gasteiger partial charge in [0, 0.05) is 7.05 Å². The highest BCUT2D eigenvalue weighted by Crippen LogP contribution is 2.16. The van der Waals surface area contributed by atoms with Crippen LogP contribution in [-0.4, -0.2) is 31.1 Å². The molecule has 0 aliphatic rings. The second kappa shape index (κ2) is 6.75. The summed E-state index contributed by atoms with van der Waals surface area (Å²) in [5.74, 6) is -1.45. The van der Waals surface area contributed by atoms with Crippen LogP contribution < -0.4 is 10.6 Å². The normalized spacial score (nSPS) is 11.3. The molecule has 0 aliphatic carbocycles. The van der Waals surface area contributed by atoms with Crippen LogP contribution in [0.3, 0.4) is 0 Å². The third-order valence-corrected chi connectivity index (χ3v) is 2.54. The molecule has 7 heteroatoms. The van der Waals surface area contributed by atoms with Gasteiger partial charge < -0.3 is 10.1 Å². The third kappa shape index (κ3) is 4.26. The average molecular weight is 285 g/mol. The summed E-state index contributed by atoms with van der Waals surface area (Å²) in [6, 6.07) is 5.63. The summed E-state index contributed by atoms with van der Waals surface area (Å²) in [6.45, 7) is 1.35. The molecule has 0 bridgehead atoms. The number of hydrogen-bond acceptors (Lipinski definition) is 4. The molecule has 0 radical (unpaired) electrons. The molecule has 1 rings (SSSR count). The maximum Gasteiger partial charge on any atom is 0.340 e. The monoisotopic (exact) mass is 284 g/mol. The zero-order valence-corrected chi connectivity index (χ0v) is 11.2. The van der Waals surface area contributed by atoms with E-state index in [-0.39, 0.29) is 10.6 Å². The Hall–Kier alpha value is -2.08. The number of urea groups is 1. The lowest BCUT2D eigenvalue weighted by Crippen LogP contribution is -2.43. The van der Waals surface area contributed by atoms with E-state index in [4.69, 9.17) is 16.3 Å². The number of ether oxygens (including phenoxy) is 1. The standard InChI is InChI=1S/C12H13ClN2O4/c1-7(10(16)15-12(18)14-2)19-11(17)8-5-3-4-6-9(8)13/h3-7H,1-2H3,(H2,14,15,16,18). The topological polar surface area (TPSA) is 84.5 Å². The van der Waals surface area contributed by atoms with E-state index in [1.54, 1.807) is 12.1 Å². The molecule has 1 aromatic rings. The van der Waals surface area contributed by atoms with Gasteiger partial charge in [0.2, 0.25) is 0 Å². The summed E-state index contributed by atoms with van der Waals surface area (Å²) in [5.41, 5.74) is 0.156. The molecule has 0 heterocycles. The number of nitrogens with one attached hydrogen (secondary N) is 2. The number of amides is 3. The molecule has 1 unspecified atom stereocenters. The number of rotatable bonds is 3. The highest BCUT2D eigenvalue weighted by Gasteiger charge is 2.21. The van der Waals surface area contributed by atoms with Gasteiger partial charge in [-0.3, -0.25) is 10.1 Å². The van der Waals surface area contributed by atoms with Gasteiger partial charge in [-0.2, -0.15) is 0 Å². The van der Waals surface area contributed by atoms with Crippen molar-refractivity contribution in [3.63, 3.8) is 0 Å². The van der Waals surface area contributed by atoms with Crippen LogP contribution in [0, 0.1) is 0 Å². The van der Waals surface area contributed by atoms with Crippen molar-refractivity contribution in [2.75, 3.05) is 7.05 Å². The van der Waals surface area contributed by atoms with E-state index < -0.39 is 24.0 Å². The van der Waals surface area contributed by atoms with Crippen molar-refractivity contribution in [2.45, 2.75) is 13.0 Å². The molecule has 0 fully saturated rings. The molecular formula is C12H13ClN2O4. The second-order valence-electron chi connectivity index (χ2n) is 3.60. The van der Waals surface area contributed by atoms with Gasteiger partial charge >= 0.3 is 12.0 Å². The zero-order chi connectivity index (χ0) is 14.4. The number of benzene rings is 1. The van der Waals surface area contributed by atoms with Crippen LogP contribution in [0.15, 0.2) is 24.3 Å². The predicted molar refractivity (Wildman–Crippen MR) is 68.9 cm³/mol. The van der Waals surface area contributed by atoms with Gasteiger partial charge in [-0.1, -0.05) is 23.7 Å². The molecule has 1 atom stereocenters. The van der Waals surface area contributed by atoms with Gasteiger partial charge in [0.15, 0.2) is 6.10 Å². The highest BCUT2D eigenvalue weighted by molar-refractivity contribution is 6.33. The van der Waals surface area contributed by atoms with Crippen molar-refractivity contribution in [1.82, 2.24) is 10.6 Å². The Bertz CT molecular complexity index is 504. The molecule has 2 N–H and O–H groups in total. The minimum absolute atomic E-state index is 0.156. The van der Waals surface area contributed by atoms with E-state index in [0.717, 1.165) is 0 Å². The lowest BCUT2D eigenvalue weighted by Gasteiger charge is -2.13. The van der Waals surface area contributed by atoms with Gasteiger partial charge in [0.25, 0.3) is 5.91 Å².